The van der Waals surface area contributed by atoms with Gasteiger partial charge in [0.2, 0.25) is 5.91 Å². The summed E-state index contributed by atoms with van der Waals surface area (Å²) in [6, 6.07) is 6.92. The number of nitrogens with one attached hydrogen (secondary N) is 2. The lowest BCUT2D eigenvalue weighted by Crippen LogP contribution is -2.47. The van der Waals surface area contributed by atoms with Gasteiger partial charge in [0.05, 0.1) is 7.11 Å². The van der Waals surface area contributed by atoms with E-state index in [9.17, 15) is 9.59 Å². The van der Waals surface area contributed by atoms with E-state index in [2.05, 4.69) is 10.6 Å². The average Bonchev–Trinajstić information content (AvgIpc) is 3.18. The molecule has 0 bridgehead atoms. The molecule has 2 aliphatic rings. The number of likely N-dealkylation sites (tertiary alicyclic amines) is 1. The SMILES string of the molecule is COc1cccc(NC(=O)N2CCC[C@@H]2C(=O)NC2CC2)c1. The van der Waals surface area contributed by atoms with Crippen LogP contribution in [0.15, 0.2) is 24.3 Å². The molecule has 6 heteroatoms. The van der Waals surface area contributed by atoms with Crippen LogP contribution in [0.2, 0.25) is 0 Å². The zero-order valence-corrected chi connectivity index (χ0v) is 12.7. The van der Waals surface area contributed by atoms with Crippen molar-refractivity contribution in [2.24, 2.45) is 0 Å². The van der Waals surface area contributed by atoms with Gasteiger partial charge in [-0.15, -0.1) is 0 Å². The van der Waals surface area contributed by atoms with E-state index < -0.39 is 0 Å². The number of carbonyl (C=O) groups is 2. The highest BCUT2D eigenvalue weighted by molar-refractivity contribution is 5.94. The third kappa shape index (κ3) is 3.32. The van der Waals surface area contributed by atoms with Crippen molar-refractivity contribution in [3.05, 3.63) is 24.3 Å². The highest BCUT2D eigenvalue weighted by atomic mass is 16.5. The molecule has 3 amide bonds. The molecule has 1 aliphatic carbocycles. The van der Waals surface area contributed by atoms with Crippen molar-refractivity contribution in [2.45, 2.75) is 37.8 Å². The van der Waals surface area contributed by atoms with Crippen molar-refractivity contribution in [2.75, 3.05) is 19.0 Å². The van der Waals surface area contributed by atoms with Gasteiger partial charge in [0.25, 0.3) is 0 Å². The molecule has 3 rings (SSSR count). The van der Waals surface area contributed by atoms with E-state index in [-0.39, 0.29) is 18.0 Å². The van der Waals surface area contributed by atoms with E-state index in [4.69, 9.17) is 4.74 Å². The highest BCUT2D eigenvalue weighted by Gasteiger charge is 2.36. The predicted molar refractivity (Wildman–Crippen MR) is 82.9 cm³/mol. The third-order valence-electron chi connectivity index (χ3n) is 4.06. The lowest BCUT2D eigenvalue weighted by Gasteiger charge is -2.24. The predicted octanol–water partition coefficient (Wildman–Crippen LogP) is 1.97. The summed E-state index contributed by atoms with van der Waals surface area (Å²) in [4.78, 5) is 26.3. The Morgan fingerprint density at radius 1 is 1.27 bits per heavy atom. The van der Waals surface area contributed by atoms with Crippen LogP contribution >= 0.6 is 0 Å². The summed E-state index contributed by atoms with van der Waals surface area (Å²) >= 11 is 0. The Hall–Kier alpha value is -2.24. The third-order valence-corrected chi connectivity index (χ3v) is 4.06. The Balaban J connectivity index is 1.63. The summed E-state index contributed by atoms with van der Waals surface area (Å²) in [5.41, 5.74) is 0.664. The maximum atomic E-state index is 12.4. The van der Waals surface area contributed by atoms with Gasteiger partial charge in [-0.2, -0.15) is 0 Å². The molecule has 1 saturated carbocycles. The molecule has 6 nitrogen and oxygen atoms in total. The molecule has 1 aromatic rings. The van der Waals surface area contributed by atoms with Crippen molar-refractivity contribution >= 4 is 17.6 Å². The van der Waals surface area contributed by atoms with Crippen molar-refractivity contribution < 1.29 is 14.3 Å². The van der Waals surface area contributed by atoms with E-state index in [0.717, 1.165) is 25.7 Å². The fraction of sp³-hybridized carbons (Fsp3) is 0.500. The summed E-state index contributed by atoms with van der Waals surface area (Å²) in [6.07, 6.45) is 3.68. The minimum Gasteiger partial charge on any atom is -0.497 e. The molecular weight excluding hydrogens is 282 g/mol. The number of anilines is 1. The summed E-state index contributed by atoms with van der Waals surface area (Å²) in [5.74, 6) is 0.656. The van der Waals surface area contributed by atoms with Crippen molar-refractivity contribution in [3.8, 4) is 5.75 Å². The van der Waals surface area contributed by atoms with Crippen LogP contribution < -0.4 is 15.4 Å². The summed E-state index contributed by atoms with van der Waals surface area (Å²) in [7, 11) is 1.58. The molecule has 1 atom stereocenters. The molecule has 0 unspecified atom stereocenters. The van der Waals surface area contributed by atoms with Gasteiger partial charge in [0.1, 0.15) is 11.8 Å². The van der Waals surface area contributed by atoms with Crippen LogP contribution in [0.3, 0.4) is 0 Å². The quantitative estimate of drug-likeness (QED) is 0.893. The number of hydrogen-bond donors (Lipinski definition) is 2. The van der Waals surface area contributed by atoms with Crippen LogP contribution in [-0.2, 0) is 4.79 Å². The number of ether oxygens (including phenoxy) is 1. The van der Waals surface area contributed by atoms with Crippen molar-refractivity contribution in [1.29, 1.82) is 0 Å². The summed E-state index contributed by atoms with van der Waals surface area (Å²) in [6.45, 7) is 0.610. The van der Waals surface area contributed by atoms with E-state index in [1.807, 2.05) is 12.1 Å². The Morgan fingerprint density at radius 2 is 2.09 bits per heavy atom. The number of amides is 3. The second-order valence-electron chi connectivity index (χ2n) is 5.80. The van der Waals surface area contributed by atoms with Crippen LogP contribution in [0.1, 0.15) is 25.7 Å². The maximum absolute atomic E-state index is 12.4. The molecule has 1 heterocycles. The molecule has 1 aliphatic heterocycles. The van der Waals surface area contributed by atoms with E-state index in [1.54, 1.807) is 24.1 Å². The number of urea groups is 1. The first-order chi connectivity index (χ1) is 10.7. The number of nitrogens with zero attached hydrogens (tertiary/aromatic N) is 1. The zero-order chi connectivity index (χ0) is 15.5. The summed E-state index contributed by atoms with van der Waals surface area (Å²) in [5, 5.41) is 5.82. The standard InChI is InChI=1S/C16H21N3O3/c1-22-13-5-2-4-12(10-13)18-16(21)19-9-3-6-14(19)15(20)17-11-7-8-11/h2,4-5,10-11,14H,3,6-9H2,1H3,(H,17,20)(H,18,21)/t14-/m1/s1. The summed E-state index contributed by atoms with van der Waals surface area (Å²) < 4.78 is 5.14. The molecule has 1 aromatic carbocycles. The fourth-order valence-corrected chi connectivity index (χ4v) is 2.70. The first kappa shape index (κ1) is 14.7. The first-order valence-corrected chi connectivity index (χ1v) is 7.69. The lowest BCUT2D eigenvalue weighted by molar-refractivity contribution is -0.124. The van der Waals surface area contributed by atoms with E-state index in [1.165, 1.54) is 0 Å². The molecule has 0 aromatic heterocycles. The first-order valence-electron chi connectivity index (χ1n) is 7.69. The van der Waals surface area contributed by atoms with Crippen LogP contribution in [0.5, 0.6) is 5.75 Å². The smallest absolute Gasteiger partial charge is 0.322 e. The average molecular weight is 303 g/mol. The molecule has 22 heavy (non-hydrogen) atoms. The minimum atomic E-state index is -0.355. The molecule has 1 saturated heterocycles. The number of methoxy groups -OCH3 is 1. The fourth-order valence-electron chi connectivity index (χ4n) is 2.70. The molecule has 0 spiro atoms. The van der Waals surface area contributed by atoms with Gasteiger partial charge in [-0.05, 0) is 37.8 Å². The largest absolute Gasteiger partial charge is 0.497 e. The van der Waals surface area contributed by atoms with Crippen LogP contribution in [-0.4, -0.2) is 42.6 Å². The lowest BCUT2D eigenvalue weighted by atomic mass is 10.2. The number of rotatable bonds is 4. The van der Waals surface area contributed by atoms with Gasteiger partial charge in [-0.1, -0.05) is 6.07 Å². The highest BCUT2D eigenvalue weighted by Crippen LogP contribution is 2.23. The molecule has 2 fully saturated rings. The van der Waals surface area contributed by atoms with Gasteiger partial charge in [-0.3, -0.25) is 4.79 Å². The topological polar surface area (TPSA) is 70.7 Å². The van der Waals surface area contributed by atoms with E-state index >= 15 is 0 Å². The number of hydrogen-bond acceptors (Lipinski definition) is 3. The molecular formula is C16H21N3O3. The van der Waals surface area contributed by atoms with Crippen LogP contribution in [0.4, 0.5) is 10.5 Å². The van der Waals surface area contributed by atoms with Crippen molar-refractivity contribution in [1.82, 2.24) is 10.2 Å². The minimum absolute atomic E-state index is 0.0270. The van der Waals surface area contributed by atoms with Gasteiger partial charge in [0.15, 0.2) is 0 Å². The van der Waals surface area contributed by atoms with Crippen LogP contribution in [0, 0.1) is 0 Å². The second kappa shape index (κ2) is 6.25. The number of benzene rings is 1. The molecule has 2 N–H and O–H groups in total. The van der Waals surface area contributed by atoms with Gasteiger partial charge < -0.3 is 20.3 Å². The molecule has 0 radical (unpaired) electrons. The number of carbonyl (C=O) groups excluding carboxylic acids is 2. The molecule has 118 valence electrons. The maximum Gasteiger partial charge on any atom is 0.322 e. The Labute approximate surface area is 129 Å². The zero-order valence-electron chi connectivity index (χ0n) is 12.7. The van der Waals surface area contributed by atoms with Crippen molar-refractivity contribution in [3.63, 3.8) is 0 Å². The second-order valence-corrected chi connectivity index (χ2v) is 5.80. The Morgan fingerprint density at radius 3 is 2.82 bits per heavy atom. The van der Waals surface area contributed by atoms with E-state index in [0.29, 0.717) is 24.0 Å². The van der Waals surface area contributed by atoms with Gasteiger partial charge in [0, 0.05) is 24.3 Å². The normalized spacial score (nSPS) is 20.6. The Bertz CT molecular complexity index is 572. The Kier molecular flexibility index (Phi) is 4.18. The van der Waals surface area contributed by atoms with Gasteiger partial charge >= 0.3 is 6.03 Å². The van der Waals surface area contributed by atoms with Crippen LogP contribution in [0.25, 0.3) is 0 Å². The monoisotopic (exact) mass is 303 g/mol. The van der Waals surface area contributed by atoms with Gasteiger partial charge in [-0.25, -0.2) is 4.79 Å².